The van der Waals surface area contributed by atoms with Crippen LogP contribution in [0, 0.1) is 5.92 Å². The van der Waals surface area contributed by atoms with Crippen LogP contribution in [-0.4, -0.2) is 22.9 Å². The topological polar surface area (TPSA) is 46.3 Å². The van der Waals surface area contributed by atoms with E-state index in [1.165, 1.54) is 24.0 Å². The zero-order valence-corrected chi connectivity index (χ0v) is 13.2. The molecule has 2 saturated carbocycles. The van der Waals surface area contributed by atoms with E-state index in [0.29, 0.717) is 18.0 Å². The predicted molar refractivity (Wildman–Crippen MR) is 87.3 cm³/mol. The Morgan fingerprint density at radius 1 is 1.09 bits per heavy atom. The summed E-state index contributed by atoms with van der Waals surface area (Å²) in [5.74, 6) is 0.552. The number of hydrogen-bond donors (Lipinski definition) is 1. The van der Waals surface area contributed by atoms with Gasteiger partial charge in [0.1, 0.15) is 0 Å². The molecule has 3 aliphatic carbocycles. The van der Waals surface area contributed by atoms with Crippen LogP contribution < -0.4 is 5.73 Å². The highest BCUT2D eigenvalue weighted by atomic mass is 16.2. The Kier molecular flexibility index (Phi) is 3.69. The van der Waals surface area contributed by atoms with Crippen LogP contribution in [0.5, 0.6) is 0 Å². The summed E-state index contributed by atoms with van der Waals surface area (Å²) in [7, 11) is 0. The Balaban J connectivity index is 1.58. The molecule has 4 rings (SSSR count). The van der Waals surface area contributed by atoms with Gasteiger partial charge in [0, 0.05) is 18.0 Å². The zero-order chi connectivity index (χ0) is 15.1. The average molecular weight is 298 g/mol. The SMILES string of the molecule is NC1CCCC(C(=O)N(C2CC2)C2CCc3ccccc32)C1. The quantitative estimate of drug-likeness (QED) is 0.931. The van der Waals surface area contributed by atoms with Crippen molar-refractivity contribution in [3.63, 3.8) is 0 Å². The molecule has 0 aromatic heterocycles. The summed E-state index contributed by atoms with van der Waals surface area (Å²) in [5, 5.41) is 0. The lowest BCUT2D eigenvalue weighted by atomic mass is 9.84. The molecule has 0 heterocycles. The van der Waals surface area contributed by atoms with Crippen molar-refractivity contribution in [1.29, 1.82) is 0 Å². The van der Waals surface area contributed by atoms with Crippen LogP contribution in [0.3, 0.4) is 0 Å². The maximum Gasteiger partial charge on any atom is 0.226 e. The Hall–Kier alpha value is -1.35. The lowest BCUT2D eigenvalue weighted by Crippen LogP contribution is -2.43. The van der Waals surface area contributed by atoms with Crippen molar-refractivity contribution in [2.24, 2.45) is 11.7 Å². The minimum atomic E-state index is 0.164. The highest BCUT2D eigenvalue weighted by molar-refractivity contribution is 5.80. The van der Waals surface area contributed by atoms with Crippen molar-refractivity contribution >= 4 is 5.91 Å². The Bertz CT molecular complexity index is 566. The number of aryl methyl sites for hydroxylation is 1. The molecule has 1 aromatic carbocycles. The van der Waals surface area contributed by atoms with Crippen molar-refractivity contribution in [1.82, 2.24) is 4.90 Å². The maximum atomic E-state index is 13.2. The van der Waals surface area contributed by atoms with Crippen molar-refractivity contribution in [2.45, 2.75) is 69.5 Å². The van der Waals surface area contributed by atoms with E-state index in [1.807, 2.05) is 0 Å². The smallest absolute Gasteiger partial charge is 0.226 e. The first-order chi connectivity index (χ1) is 10.7. The Labute approximate surface area is 132 Å². The summed E-state index contributed by atoms with van der Waals surface area (Å²) in [6.07, 6.45) is 8.69. The average Bonchev–Trinajstić information content (AvgIpc) is 3.28. The summed E-state index contributed by atoms with van der Waals surface area (Å²) in [5.41, 5.74) is 8.94. The first-order valence-corrected chi connectivity index (χ1v) is 8.89. The van der Waals surface area contributed by atoms with Gasteiger partial charge >= 0.3 is 0 Å². The maximum absolute atomic E-state index is 13.2. The largest absolute Gasteiger partial charge is 0.332 e. The molecule has 3 aliphatic rings. The molecule has 22 heavy (non-hydrogen) atoms. The molecule has 2 fully saturated rings. The number of carbonyl (C=O) groups excluding carboxylic acids is 1. The van der Waals surface area contributed by atoms with E-state index in [-0.39, 0.29) is 12.0 Å². The lowest BCUT2D eigenvalue weighted by molar-refractivity contribution is -0.140. The van der Waals surface area contributed by atoms with Crippen LogP contribution in [0.1, 0.15) is 62.1 Å². The van der Waals surface area contributed by atoms with Crippen molar-refractivity contribution in [2.75, 3.05) is 0 Å². The van der Waals surface area contributed by atoms with E-state index >= 15 is 0 Å². The van der Waals surface area contributed by atoms with Gasteiger partial charge in [0.2, 0.25) is 5.91 Å². The van der Waals surface area contributed by atoms with Crippen LogP contribution in [-0.2, 0) is 11.2 Å². The first kappa shape index (κ1) is 14.3. The fourth-order valence-electron chi connectivity index (χ4n) is 4.43. The molecule has 0 bridgehead atoms. The Morgan fingerprint density at radius 2 is 1.91 bits per heavy atom. The fraction of sp³-hybridized carbons (Fsp3) is 0.632. The summed E-state index contributed by atoms with van der Waals surface area (Å²) < 4.78 is 0. The number of amides is 1. The third-order valence-corrected chi connectivity index (χ3v) is 5.70. The van der Waals surface area contributed by atoms with Gasteiger partial charge < -0.3 is 10.6 Å². The van der Waals surface area contributed by atoms with Crippen molar-refractivity contribution in [3.05, 3.63) is 35.4 Å². The van der Waals surface area contributed by atoms with Crippen molar-refractivity contribution < 1.29 is 4.79 Å². The van der Waals surface area contributed by atoms with E-state index in [9.17, 15) is 4.79 Å². The molecule has 1 aromatic rings. The molecular formula is C19H26N2O. The normalized spacial score (nSPS) is 30.9. The number of rotatable bonds is 3. The van der Waals surface area contributed by atoms with Gasteiger partial charge in [0.05, 0.1) is 6.04 Å². The fourth-order valence-corrected chi connectivity index (χ4v) is 4.43. The lowest BCUT2D eigenvalue weighted by Gasteiger charge is -2.35. The van der Waals surface area contributed by atoms with Gasteiger partial charge in [-0.15, -0.1) is 0 Å². The molecule has 3 atom stereocenters. The number of carbonyl (C=O) groups is 1. The number of fused-ring (bicyclic) bond motifs is 1. The van der Waals surface area contributed by atoms with Crippen LogP contribution in [0.2, 0.25) is 0 Å². The minimum absolute atomic E-state index is 0.164. The zero-order valence-electron chi connectivity index (χ0n) is 13.2. The molecule has 3 nitrogen and oxygen atoms in total. The van der Waals surface area contributed by atoms with Gasteiger partial charge in [-0.1, -0.05) is 30.7 Å². The van der Waals surface area contributed by atoms with Crippen LogP contribution >= 0.6 is 0 Å². The monoisotopic (exact) mass is 298 g/mol. The summed E-state index contributed by atoms with van der Waals surface area (Å²) in [6.45, 7) is 0. The molecule has 2 N–H and O–H groups in total. The third-order valence-electron chi connectivity index (χ3n) is 5.70. The number of benzene rings is 1. The molecule has 0 aliphatic heterocycles. The van der Waals surface area contributed by atoms with E-state index in [0.717, 1.165) is 38.5 Å². The standard InChI is InChI=1S/C19H26N2O/c20-15-6-3-5-14(12-15)19(22)21(16-9-10-16)18-11-8-13-4-1-2-7-17(13)18/h1-2,4,7,14-16,18H,3,5-6,8-12,20H2. The third kappa shape index (κ3) is 2.56. The number of hydrogen-bond acceptors (Lipinski definition) is 2. The molecule has 0 radical (unpaired) electrons. The van der Waals surface area contributed by atoms with Gasteiger partial charge in [-0.2, -0.15) is 0 Å². The van der Waals surface area contributed by atoms with E-state index in [2.05, 4.69) is 29.2 Å². The molecule has 3 unspecified atom stereocenters. The van der Waals surface area contributed by atoms with E-state index in [4.69, 9.17) is 5.73 Å². The minimum Gasteiger partial charge on any atom is -0.332 e. The second-order valence-electron chi connectivity index (χ2n) is 7.35. The van der Waals surface area contributed by atoms with Gasteiger partial charge in [-0.3, -0.25) is 4.79 Å². The number of nitrogens with zero attached hydrogens (tertiary/aromatic N) is 1. The second kappa shape index (κ2) is 5.69. The first-order valence-electron chi connectivity index (χ1n) is 8.89. The molecule has 3 heteroatoms. The summed E-state index contributed by atoms with van der Waals surface area (Å²) >= 11 is 0. The van der Waals surface area contributed by atoms with Gasteiger partial charge in [0.25, 0.3) is 0 Å². The molecular weight excluding hydrogens is 272 g/mol. The van der Waals surface area contributed by atoms with Gasteiger partial charge in [-0.05, 0) is 56.1 Å². The molecule has 0 spiro atoms. The number of nitrogens with two attached hydrogens (primary N) is 1. The molecule has 1 amide bonds. The van der Waals surface area contributed by atoms with Crippen LogP contribution in [0.15, 0.2) is 24.3 Å². The summed E-state index contributed by atoms with van der Waals surface area (Å²) in [6, 6.07) is 9.70. The van der Waals surface area contributed by atoms with Gasteiger partial charge in [0.15, 0.2) is 0 Å². The van der Waals surface area contributed by atoms with Crippen LogP contribution in [0.25, 0.3) is 0 Å². The second-order valence-corrected chi connectivity index (χ2v) is 7.35. The van der Waals surface area contributed by atoms with Crippen LogP contribution in [0.4, 0.5) is 0 Å². The molecule has 0 saturated heterocycles. The predicted octanol–water partition coefficient (Wildman–Crippen LogP) is 3.18. The van der Waals surface area contributed by atoms with E-state index in [1.54, 1.807) is 0 Å². The van der Waals surface area contributed by atoms with Gasteiger partial charge in [-0.25, -0.2) is 0 Å². The Morgan fingerprint density at radius 3 is 2.68 bits per heavy atom. The van der Waals surface area contributed by atoms with E-state index < -0.39 is 0 Å². The van der Waals surface area contributed by atoms with Crippen molar-refractivity contribution in [3.8, 4) is 0 Å². The summed E-state index contributed by atoms with van der Waals surface area (Å²) in [4.78, 5) is 15.5. The molecule has 118 valence electrons. The highest BCUT2D eigenvalue weighted by Crippen LogP contribution is 2.43. The highest BCUT2D eigenvalue weighted by Gasteiger charge is 2.42.